The fraction of sp³-hybridized carbons (Fsp3) is 0.917. The summed E-state index contributed by atoms with van der Waals surface area (Å²) >= 11 is 22.9. The van der Waals surface area contributed by atoms with Crippen LogP contribution >= 0.6 is 46.4 Å². The summed E-state index contributed by atoms with van der Waals surface area (Å²) in [5.41, 5.74) is 0. The van der Waals surface area contributed by atoms with E-state index in [2.05, 4.69) is 6.92 Å². The zero-order valence-corrected chi connectivity index (χ0v) is 13.5. The first-order chi connectivity index (χ1) is 8.25. The summed E-state index contributed by atoms with van der Waals surface area (Å²) < 4.78 is -4.00. The summed E-state index contributed by atoms with van der Waals surface area (Å²) in [7, 11) is 0. The molecule has 0 fully saturated rings. The third-order valence-electron chi connectivity index (χ3n) is 2.81. The SMILES string of the molecule is CCCCCCCCCC(Cl)(Cl)C(Cl)(Cl)C(=O)[O-].[H+]. The van der Waals surface area contributed by atoms with E-state index < -0.39 is 14.6 Å². The highest BCUT2D eigenvalue weighted by atomic mass is 35.5. The molecule has 2 nitrogen and oxygen atoms in total. The molecule has 0 spiro atoms. The van der Waals surface area contributed by atoms with E-state index in [1.165, 1.54) is 25.7 Å². The molecule has 0 rings (SSSR count). The van der Waals surface area contributed by atoms with E-state index in [9.17, 15) is 9.90 Å². The summed E-state index contributed by atoms with van der Waals surface area (Å²) in [6.45, 7) is 2.16. The van der Waals surface area contributed by atoms with Crippen molar-refractivity contribution in [1.29, 1.82) is 0 Å². The fourth-order valence-electron chi connectivity index (χ4n) is 1.61. The van der Waals surface area contributed by atoms with Gasteiger partial charge in [-0.05, 0) is 6.42 Å². The minimum Gasteiger partial charge on any atom is -0.547 e. The minimum atomic E-state index is -2.28. The van der Waals surface area contributed by atoms with E-state index in [4.69, 9.17) is 46.4 Å². The zero-order valence-electron chi connectivity index (χ0n) is 11.5. The lowest BCUT2D eigenvalue weighted by Gasteiger charge is -2.33. The van der Waals surface area contributed by atoms with Crippen LogP contribution < -0.4 is 5.11 Å². The second-order valence-corrected chi connectivity index (χ2v) is 7.25. The van der Waals surface area contributed by atoms with Crippen molar-refractivity contribution in [3.8, 4) is 0 Å². The van der Waals surface area contributed by atoms with Crippen molar-refractivity contribution in [3.05, 3.63) is 0 Å². The summed E-state index contributed by atoms with van der Waals surface area (Å²) in [6.07, 6.45) is 7.76. The van der Waals surface area contributed by atoms with Crippen LogP contribution in [-0.4, -0.2) is 14.6 Å². The monoisotopic (exact) mass is 336 g/mol. The van der Waals surface area contributed by atoms with Crippen LogP contribution in [0.5, 0.6) is 0 Å². The molecule has 0 heterocycles. The lowest BCUT2D eigenvalue weighted by Crippen LogP contribution is -2.51. The van der Waals surface area contributed by atoms with Gasteiger partial charge >= 0.3 is 1.43 Å². The van der Waals surface area contributed by atoms with Crippen molar-refractivity contribution in [2.24, 2.45) is 0 Å². The van der Waals surface area contributed by atoms with Crippen molar-refractivity contribution >= 4 is 52.4 Å². The van der Waals surface area contributed by atoms with E-state index in [0.29, 0.717) is 6.42 Å². The van der Waals surface area contributed by atoms with Gasteiger partial charge in [-0.25, -0.2) is 0 Å². The molecule has 0 atom stereocenters. The van der Waals surface area contributed by atoms with E-state index in [1.54, 1.807) is 0 Å². The smallest absolute Gasteiger partial charge is 0.547 e. The molecular weight excluding hydrogens is 318 g/mol. The van der Waals surface area contributed by atoms with Crippen molar-refractivity contribution in [2.45, 2.75) is 67.0 Å². The highest BCUT2D eigenvalue weighted by Crippen LogP contribution is 2.45. The normalized spacial score (nSPS) is 12.7. The summed E-state index contributed by atoms with van der Waals surface area (Å²) in [4.78, 5) is 10.7. The molecule has 0 aromatic carbocycles. The number of hydrogen-bond donors (Lipinski definition) is 0. The lowest BCUT2D eigenvalue weighted by molar-refractivity contribution is -0.307. The topological polar surface area (TPSA) is 40.1 Å². The molecule has 0 radical (unpaired) electrons. The molecule has 0 aromatic heterocycles. The average molecular weight is 338 g/mol. The van der Waals surface area contributed by atoms with E-state index in [0.717, 1.165) is 12.8 Å². The van der Waals surface area contributed by atoms with Gasteiger partial charge in [-0.3, -0.25) is 0 Å². The molecule has 0 saturated heterocycles. The average Bonchev–Trinajstić information content (AvgIpc) is 2.27. The van der Waals surface area contributed by atoms with Gasteiger partial charge in [-0.15, -0.1) is 0 Å². The first-order valence-corrected chi connectivity index (χ1v) is 7.74. The molecule has 0 N–H and O–H groups in total. The van der Waals surface area contributed by atoms with Crippen LogP contribution in [0.4, 0.5) is 0 Å². The van der Waals surface area contributed by atoms with Gasteiger partial charge in [-0.1, -0.05) is 98.3 Å². The Hall–Kier alpha value is 0.630. The summed E-state index contributed by atoms with van der Waals surface area (Å²) in [5.74, 6) is -1.67. The highest BCUT2D eigenvalue weighted by molar-refractivity contribution is 6.68. The Balaban J connectivity index is 0. The van der Waals surface area contributed by atoms with Gasteiger partial charge < -0.3 is 9.90 Å². The molecular formula is C12H20Cl4O2. The Morgan fingerprint density at radius 3 is 1.89 bits per heavy atom. The second-order valence-electron chi connectivity index (χ2n) is 4.44. The number of carboxylic acids is 1. The van der Waals surface area contributed by atoms with Crippen LogP contribution in [0.2, 0.25) is 0 Å². The molecule has 18 heavy (non-hydrogen) atoms. The van der Waals surface area contributed by atoms with Crippen LogP contribution in [0.25, 0.3) is 0 Å². The molecule has 6 heteroatoms. The van der Waals surface area contributed by atoms with Crippen molar-refractivity contribution < 1.29 is 11.3 Å². The summed E-state index contributed by atoms with van der Waals surface area (Å²) in [6, 6.07) is 0. The predicted octanol–water partition coefficient (Wildman–Crippen LogP) is 4.34. The number of carbonyl (C=O) groups is 1. The molecule has 0 aliphatic carbocycles. The molecule has 0 saturated carbocycles. The number of hydrogen-bond acceptors (Lipinski definition) is 2. The van der Waals surface area contributed by atoms with Gasteiger partial charge in [0, 0.05) is 0 Å². The van der Waals surface area contributed by atoms with Gasteiger partial charge in [0.05, 0.1) is 5.97 Å². The van der Waals surface area contributed by atoms with E-state index in [-0.39, 0.29) is 7.85 Å². The standard InChI is InChI=1S/C12H20Cl4O2/c1-2-3-4-5-6-7-8-9-11(13,14)12(15,16)10(17)18/h2-9H2,1H3,(H,17,18). The third-order valence-corrected chi connectivity index (χ3v) is 5.10. The maximum Gasteiger partial charge on any atom is 1.00 e. The molecule has 0 aromatic rings. The van der Waals surface area contributed by atoms with Gasteiger partial charge in [0.15, 0.2) is 8.67 Å². The predicted molar refractivity (Wildman–Crippen MR) is 77.6 cm³/mol. The quantitative estimate of drug-likeness (QED) is 0.439. The maximum absolute atomic E-state index is 10.7. The first-order valence-electron chi connectivity index (χ1n) is 6.22. The van der Waals surface area contributed by atoms with Crippen molar-refractivity contribution in [3.63, 3.8) is 0 Å². The Bertz CT molecular complexity index is 260. The van der Waals surface area contributed by atoms with Crippen molar-refractivity contribution in [2.75, 3.05) is 0 Å². The minimum absolute atomic E-state index is 0. The number of unbranched alkanes of at least 4 members (excludes halogenated alkanes) is 6. The number of aliphatic carboxylic acids is 1. The first kappa shape index (κ1) is 18.6. The Morgan fingerprint density at radius 2 is 1.44 bits per heavy atom. The number of carbonyl (C=O) groups excluding carboxylic acids is 1. The van der Waals surface area contributed by atoms with Crippen molar-refractivity contribution in [1.82, 2.24) is 0 Å². The van der Waals surface area contributed by atoms with Gasteiger partial charge in [0.2, 0.25) is 0 Å². The molecule has 108 valence electrons. The third kappa shape index (κ3) is 6.18. The number of rotatable bonds is 10. The van der Waals surface area contributed by atoms with Crippen LogP contribution in [0.15, 0.2) is 0 Å². The van der Waals surface area contributed by atoms with Gasteiger partial charge in [-0.2, -0.15) is 0 Å². The van der Waals surface area contributed by atoms with E-state index in [1.807, 2.05) is 0 Å². The highest BCUT2D eigenvalue weighted by Gasteiger charge is 2.47. The lowest BCUT2D eigenvalue weighted by atomic mass is 10.1. The zero-order chi connectivity index (χ0) is 14.2. The van der Waals surface area contributed by atoms with Crippen LogP contribution in [0.3, 0.4) is 0 Å². The molecule has 0 unspecified atom stereocenters. The Morgan fingerprint density at radius 1 is 1.00 bits per heavy atom. The van der Waals surface area contributed by atoms with Crippen LogP contribution in [-0.2, 0) is 4.79 Å². The molecule has 0 aliphatic heterocycles. The van der Waals surface area contributed by atoms with E-state index >= 15 is 0 Å². The second kappa shape index (κ2) is 8.73. The Labute approximate surface area is 130 Å². The molecule has 0 amide bonds. The number of carboxylic acid groups (broad SMARTS) is 1. The maximum atomic E-state index is 10.7. The van der Waals surface area contributed by atoms with Gasteiger partial charge in [0.25, 0.3) is 0 Å². The fourth-order valence-corrected chi connectivity index (χ4v) is 2.22. The molecule has 0 aliphatic rings. The van der Waals surface area contributed by atoms with Crippen LogP contribution in [0, 0.1) is 0 Å². The largest absolute Gasteiger partial charge is 1.00 e. The molecule has 0 bridgehead atoms. The Kier molecular flexibility index (Phi) is 9.04. The summed E-state index contributed by atoms with van der Waals surface area (Å²) in [5, 5.41) is 10.7. The van der Waals surface area contributed by atoms with Gasteiger partial charge in [0.1, 0.15) is 0 Å². The number of alkyl halides is 4. The number of halogens is 4. The van der Waals surface area contributed by atoms with Crippen LogP contribution in [0.1, 0.15) is 59.7 Å².